The lowest BCUT2D eigenvalue weighted by Crippen LogP contribution is -2.14. The van der Waals surface area contributed by atoms with Crippen LogP contribution in [0.2, 0.25) is 0 Å². The normalized spacial score (nSPS) is 9.71. The van der Waals surface area contributed by atoms with Crippen molar-refractivity contribution in [3.63, 3.8) is 0 Å². The van der Waals surface area contributed by atoms with E-state index in [0.29, 0.717) is 0 Å². The minimum atomic E-state index is -0.941. The van der Waals surface area contributed by atoms with Crippen molar-refractivity contribution in [1.29, 1.82) is 0 Å². The molecular formula is C10H16O7. The Bertz CT molecular complexity index is 261. The van der Waals surface area contributed by atoms with E-state index in [0.717, 1.165) is 0 Å². The molecule has 0 heterocycles. The lowest BCUT2D eigenvalue weighted by atomic mass is 10.4. The molecule has 1 N–H and O–H groups in total. The number of hydrogen-bond acceptors (Lipinski definition) is 6. The summed E-state index contributed by atoms with van der Waals surface area (Å²) in [6.45, 7) is 1.53. The van der Waals surface area contributed by atoms with Crippen LogP contribution in [-0.4, -0.2) is 49.4 Å². The molecule has 0 spiro atoms. The number of aliphatic carboxylic acids is 1. The first kappa shape index (κ1) is 15.4. The van der Waals surface area contributed by atoms with Crippen molar-refractivity contribution in [1.82, 2.24) is 0 Å². The first-order chi connectivity index (χ1) is 8.02. The molecule has 0 atom stereocenters. The van der Waals surface area contributed by atoms with Crippen molar-refractivity contribution < 1.29 is 33.7 Å². The predicted octanol–water partition coefficient (Wildman–Crippen LogP) is -0.0259. The average molecular weight is 248 g/mol. The van der Waals surface area contributed by atoms with Crippen molar-refractivity contribution in [2.45, 2.75) is 19.8 Å². The van der Waals surface area contributed by atoms with Gasteiger partial charge >= 0.3 is 17.9 Å². The highest BCUT2D eigenvalue weighted by Crippen LogP contribution is 1.90. The zero-order valence-electron chi connectivity index (χ0n) is 9.64. The molecule has 0 aliphatic rings. The molecule has 0 saturated heterocycles. The van der Waals surface area contributed by atoms with Gasteiger partial charge in [0.15, 0.2) is 0 Å². The SMILES string of the molecule is CC(=O)OCCC(=O)OCCOCCC(=O)O. The Morgan fingerprint density at radius 2 is 1.65 bits per heavy atom. The van der Waals surface area contributed by atoms with Crippen LogP contribution >= 0.6 is 0 Å². The fourth-order valence-electron chi connectivity index (χ4n) is 0.826. The zero-order valence-corrected chi connectivity index (χ0v) is 9.64. The van der Waals surface area contributed by atoms with E-state index in [4.69, 9.17) is 14.6 Å². The Morgan fingerprint density at radius 3 is 2.24 bits per heavy atom. The second kappa shape index (κ2) is 9.59. The van der Waals surface area contributed by atoms with Crippen LogP contribution in [0.3, 0.4) is 0 Å². The maximum absolute atomic E-state index is 11.0. The number of hydrogen-bond donors (Lipinski definition) is 1. The highest BCUT2D eigenvalue weighted by atomic mass is 16.6. The molecule has 0 aromatic rings. The lowest BCUT2D eigenvalue weighted by Gasteiger charge is -2.05. The molecule has 0 rings (SSSR count). The summed E-state index contributed by atoms with van der Waals surface area (Å²) >= 11 is 0. The van der Waals surface area contributed by atoms with E-state index in [1.54, 1.807) is 0 Å². The van der Waals surface area contributed by atoms with Gasteiger partial charge in [-0.3, -0.25) is 14.4 Å². The van der Waals surface area contributed by atoms with E-state index >= 15 is 0 Å². The van der Waals surface area contributed by atoms with Gasteiger partial charge in [0.2, 0.25) is 0 Å². The third-order valence-electron chi connectivity index (χ3n) is 1.56. The highest BCUT2D eigenvalue weighted by molar-refractivity contribution is 5.70. The zero-order chi connectivity index (χ0) is 13.1. The van der Waals surface area contributed by atoms with Crippen molar-refractivity contribution in [2.75, 3.05) is 26.4 Å². The largest absolute Gasteiger partial charge is 0.481 e. The summed E-state index contributed by atoms with van der Waals surface area (Å²) in [6.07, 6.45) is -0.0882. The minimum absolute atomic E-state index is 0.00525. The topological polar surface area (TPSA) is 99.1 Å². The summed E-state index contributed by atoms with van der Waals surface area (Å²) in [6, 6.07) is 0. The molecule has 0 aliphatic carbocycles. The molecule has 0 saturated carbocycles. The van der Waals surface area contributed by atoms with Gasteiger partial charge < -0.3 is 19.3 Å². The Morgan fingerprint density at radius 1 is 0.941 bits per heavy atom. The number of carbonyl (C=O) groups is 3. The van der Waals surface area contributed by atoms with Gasteiger partial charge in [-0.05, 0) is 0 Å². The number of rotatable bonds is 9. The average Bonchev–Trinajstić information content (AvgIpc) is 2.22. The van der Waals surface area contributed by atoms with E-state index in [1.807, 2.05) is 0 Å². The molecule has 0 aromatic heterocycles. The second-order valence-electron chi connectivity index (χ2n) is 3.07. The van der Waals surface area contributed by atoms with Crippen LogP contribution in [0.15, 0.2) is 0 Å². The van der Waals surface area contributed by atoms with Crippen LogP contribution in [0.25, 0.3) is 0 Å². The Hall–Kier alpha value is -1.63. The highest BCUT2D eigenvalue weighted by Gasteiger charge is 2.04. The molecule has 7 heteroatoms. The predicted molar refractivity (Wildman–Crippen MR) is 55.3 cm³/mol. The molecule has 0 aliphatic heterocycles. The minimum Gasteiger partial charge on any atom is -0.481 e. The monoisotopic (exact) mass is 248 g/mol. The standard InChI is InChI=1S/C10H16O7/c1-8(11)16-5-3-10(14)17-7-6-15-4-2-9(12)13/h2-7H2,1H3,(H,12,13). The number of esters is 2. The summed E-state index contributed by atoms with van der Waals surface area (Å²) in [7, 11) is 0. The van der Waals surface area contributed by atoms with Crippen molar-refractivity contribution >= 4 is 17.9 Å². The Labute approximate surface area is 98.6 Å². The number of carbonyl (C=O) groups excluding carboxylic acids is 2. The van der Waals surface area contributed by atoms with E-state index in [2.05, 4.69) is 4.74 Å². The number of ether oxygens (including phenoxy) is 3. The summed E-state index contributed by atoms with van der Waals surface area (Å²) < 4.78 is 14.2. The molecule has 0 unspecified atom stereocenters. The van der Waals surface area contributed by atoms with E-state index in [1.165, 1.54) is 6.92 Å². The van der Waals surface area contributed by atoms with E-state index in [-0.39, 0.29) is 39.3 Å². The maximum atomic E-state index is 11.0. The van der Waals surface area contributed by atoms with Gasteiger partial charge in [-0.25, -0.2) is 0 Å². The van der Waals surface area contributed by atoms with Gasteiger partial charge in [-0.1, -0.05) is 0 Å². The first-order valence-corrected chi connectivity index (χ1v) is 5.11. The third-order valence-corrected chi connectivity index (χ3v) is 1.56. The molecule has 0 fully saturated rings. The Balaban J connectivity index is 3.27. The van der Waals surface area contributed by atoms with Crippen molar-refractivity contribution in [2.24, 2.45) is 0 Å². The quantitative estimate of drug-likeness (QED) is 0.452. The molecular weight excluding hydrogens is 232 g/mol. The fourth-order valence-corrected chi connectivity index (χ4v) is 0.826. The van der Waals surface area contributed by atoms with Crippen LogP contribution in [0.1, 0.15) is 19.8 Å². The molecule has 0 radical (unpaired) electrons. The van der Waals surface area contributed by atoms with Gasteiger partial charge in [-0.15, -0.1) is 0 Å². The van der Waals surface area contributed by atoms with Crippen molar-refractivity contribution in [3.05, 3.63) is 0 Å². The third kappa shape index (κ3) is 12.3. The van der Waals surface area contributed by atoms with Gasteiger partial charge in [-0.2, -0.15) is 0 Å². The van der Waals surface area contributed by atoms with E-state index < -0.39 is 17.9 Å². The van der Waals surface area contributed by atoms with Crippen LogP contribution < -0.4 is 0 Å². The van der Waals surface area contributed by atoms with Crippen LogP contribution in [-0.2, 0) is 28.6 Å². The van der Waals surface area contributed by atoms with Gasteiger partial charge in [0.05, 0.1) is 26.1 Å². The van der Waals surface area contributed by atoms with Crippen molar-refractivity contribution in [3.8, 4) is 0 Å². The maximum Gasteiger partial charge on any atom is 0.309 e. The molecule has 7 nitrogen and oxygen atoms in total. The molecule has 0 aromatic carbocycles. The molecule has 98 valence electrons. The Kier molecular flexibility index (Phi) is 8.67. The second-order valence-corrected chi connectivity index (χ2v) is 3.07. The summed E-state index contributed by atoms with van der Waals surface area (Å²) in [5.41, 5.74) is 0. The number of carboxylic acid groups (broad SMARTS) is 1. The van der Waals surface area contributed by atoms with E-state index in [9.17, 15) is 14.4 Å². The fraction of sp³-hybridized carbons (Fsp3) is 0.700. The van der Waals surface area contributed by atoms with Crippen LogP contribution in [0.5, 0.6) is 0 Å². The van der Waals surface area contributed by atoms with Crippen LogP contribution in [0, 0.1) is 0 Å². The van der Waals surface area contributed by atoms with Gasteiger partial charge in [0.25, 0.3) is 0 Å². The number of carboxylic acids is 1. The molecule has 0 bridgehead atoms. The first-order valence-electron chi connectivity index (χ1n) is 5.11. The van der Waals surface area contributed by atoms with Gasteiger partial charge in [0.1, 0.15) is 13.2 Å². The summed E-state index contributed by atoms with van der Waals surface area (Å²) in [5.74, 6) is -1.88. The summed E-state index contributed by atoms with van der Waals surface area (Å²) in [5, 5.41) is 8.29. The van der Waals surface area contributed by atoms with Gasteiger partial charge in [0, 0.05) is 6.92 Å². The smallest absolute Gasteiger partial charge is 0.309 e. The summed E-state index contributed by atoms with van der Waals surface area (Å²) in [4.78, 5) is 31.5. The van der Waals surface area contributed by atoms with Crippen LogP contribution in [0.4, 0.5) is 0 Å². The molecule has 0 amide bonds. The lowest BCUT2D eigenvalue weighted by molar-refractivity contribution is -0.150. The molecule has 17 heavy (non-hydrogen) atoms.